The van der Waals surface area contributed by atoms with Gasteiger partial charge in [0.15, 0.2) is 0 Å². The van der Waals surface area contributed by atoms with Crippen LogP contribution >= 0.6 is 0 Å². The first-order chi connectivity index (χ1) is 12.4. The lowest BCUT2D eigenvalue weighted by Gasteiger charge is -2.25. The van der Waals surface area contributed by atoms with Gasteiger partial charge in [0.25, 0.3) is 0 Å². The van der Waals surface area contributed by atoms with Gasteiger partial charge in [-0.2, -0.15) is 0 Å². The topological polar surface area (TPSA) is 41.9 Å². The van der Waals surface area contributed by atoms with Crippen LogP contribution in [-0.4, -0.2) is 15.0 Å². The minimum Gasteiger partial charge on any atom is -0.358 e. The zero-order valence-corrected chi connectivity index (χ0v) is 13.8. The molecule has 0 amide bonds. The fourth-order valence-corrected chi connectivity index (χ4v) is 2.94. The number of rotatable bonds is 5. The summed E-state index contributed by atoms with van der Waals surface area (Å²) in [6, 6.07) is 22.3. The van der Waals surface area contributed by atoms with Gasteiger partial charge < -0.3 is 4.90 Å². The number of hydrogen-bond donors (Lipinski definition) is 0. The third-order valence-corrected chi connectivity index (χ3v) is 4.11. The Bertz CT molecular complexity index is 908. The standard InChI is InChI=1S/C21H18N4/c1-3-12-22-18(9-1)15-25(16-19-10-2-4-13-23-19)20-11-5-7-17-8-6-14-24-21(17)20/h1-14H,15-16H2. The van der Waals surface area contributed by atoms with Gasteiger partial charge in [-0.05, 0) is 36.4 Å². The predicted octanol–water partition coefficient (Wildman–Crippen LogP) is 4.23. The van der Waals surface area contributed by atoms with Crippen LogP contribution in [0.25, 0.3) is 10.9 Å². The Kier molecular flexibility index (Phi) is 4.33. The van der Waals surface area contributed by atoms with E-state index in [4.69, 9.17) is 0 Å². The largest absolute Gasteiger partial charge is 0.358 e. The fraction of sp³-hybridized carbons (Fsp3) is 0.0952. The van der Waals surface area contributed by atoms with Crippen molar-refractivity contribution < 1.29 is 0 Å². The zero-order chi connectivity index (χ0) is 16.9. The highest BCUT2D eigenvalue weighted by molar-refractivity contribution is 5.90. The molecule has 0 fully saturated rings. The van der Waals surface area contributed by atoms with Gasteiger partial charge in [-0.15, -0.1) is 0 Å². The van der Waals surface area contributed by atoms with Crippen LogP contribution < -0.4 is 4.90 Å². The van der Waals surface area contributed by atoms with Gasteiger partial charge in [0.2, 0.25) is 0 Å². The zero-order valence-electron chi connectivity index (χ0n) is 13.8. The van der Waals surface area contributed by atoms with E-state index in [1.165, 1.54) is 0 Å². The van der Waals surface area contributed by atoms with Crippen LogP contribution in [-0.2, 0) is 13.1 Å². The summed E-state index contributed by atoms with van der Waals surface area (Å²) < 4.78 is 0. The molecule has 25 heavy (non-hydrogen) atoms. The maximum absolute atomic E-state index is 4.60. The maximum atomic E-state index is 4.60. The Morgan fingerprint density at radius 3 is 1.88 bits per heavy atom. The highest BCUT2D eigenvalue weighted by atomic mass is 15.1. The van der Waals surface area contributed by atoms with Gasteiger partial charge in [-0.3, -0.25) is 15.0 Å². The van der Waals surface area contributed by atoms with Crippen molar-refractivity contribution >= 4 is 16.6 Å². The number of nitrogens with zero attached hydrogens (tertiary/aromatic N) is 4. The molecule has 0 saturated heterocycles. The van der Waals surface area contributed by atoms with Crippen LogP contribution in [0.2, 0.25) is 0 Å². The van der Waals surface area contributed by atoms with Crippen molar-refractivity contribution in [3.05, 3.63) is 96.7 Å². The first-order valence-corrected chi connectivity index (χ1v) is 8.29. The maximum Gasteiger partial charge on any atom is 0.0935 e. The molecule has 3 heterocycles. The normalized spacial score (nSPS) is 10.7. The number of hydrogen-bond acceptors (Lipinski definition) is 4. The molecule has 0 radical (unpaired) electrons. The Labute approximate surface area is 146 Å². The Morgan fingerprint density at radius 2 is 1.24 bits per heavy atom. The molecule has 0 spiro atoms. The number of aromatic nitrogens is 3. The molecule has 0 saturated carbocycles. The minimum absolute atomic E-state index is 0.701. The summed E-state index contributed by atoms with van der Waals surface area (Å²) in [7, 11) is 0. The van der Waals surface area contributed by atoms with E-state index >= 15 is 0 Å². The Hall–Kier alpha value is -3.27. The molecule has 0 N–H and O–H groups in total. The highest BCUT2D eigenvalue weighted by Gasteiger charge is 2.13. The van der Waals surface area contributed by atoms with Crippen molar-refractivity contribution in [1.29, 1.82) is 0 Å². The van der Waals surface area contributed by atoms with Crippen molar-refractivity contribution in [2.45, 2.75) is 13.1 Å². The van der Waals surface area contributed by atoms with Crippen LogP contribution in [0.5, 0.6) is 0 Å². The van der Waals surface area contributed by atoms with Crippen molar-refractivity contribution in [2.24, 2.45) is 0 Å². The second kappa shape index (κ2) is 7.09. The SMILES string of the molecule is c1ccc(CN(Cc2ccccn2)c2cccc3cccnc23)nc1. The molecule has 4 nitrogen and oxygen atoms in total. The van der Waals surface area contributed by atoms with Crippen LogP contribution in [0.15, 0.2) is 85.3 Å². The van der Waals surface area contributed by atoms with Gasteiger partial charge in [0.05, 0.1) is 35.7 Å². The van der Waals surface area contributed by atoms with Gasteiger partial charge >= 0.3 is 0 Å². The molecular formula is C21H18N4. The van der Waals surface area contributed by atoms with E-state index in [1.54, 1.807) is 0 Å². The second-order valence-corrected chi connectivity index (χ2v) is 5.85. The quantitative estimate of drug-likeness (QED) is 0.550. The summed E-state index contributed by atoms with van der Waals surface area (Å²) in [4.78, 5) is 15.8. The number of benzene rings is 1. The third-order valence-electron chi connectivity index (χ3n) is 4.11. The molecule has 0 atom stereocenters. The molecule has 3 aromatic heterocycles. The van der Waals surface area contributed by atoms with E-state index in [2.05, 4.69) is 44.1 Å². The van der Waals surface area contributed by atoms with Crippen LogP contribution in [0, 0.1) is 0 Å². The summed E-state index contributed by atoms with van der Waals surface area (Å²) in [6.45, 7) is 1.40. The first-order valence-electron chi connectivity index (χ1n) is 8.29. The van der Waals surface area contributed by atoms with Crippen LogP contribution in [0.4, 0.5) is 5.69 Å². The first kappa shape index (κ1) is 15.3. The summed E-state index contributed by atoms with van der Waals surface area (Å²) in [5, 5.41) is 1.13. The lowest BCUT2D eigenvalue weighted by molar-refractivity contribution is 0.767. The van der Waals surface area contributed by atoms with E-state index in [-0.39, 0.29) is 0 Å². The molecule has 0 aliphatic rings. The minimum atomic E-state index is 0.701. The van der Waals surface area contributed by atoms with Gasteiger partial charge in [0.1, 0.15) is 0 Å². The summed E-state index contributed by atoms with van der Waals surface area (Å²) in [5.41, 5.74) is 4.13. The average molecular weight is 326 g/mol. The number of fused-ring (bicyclic) bond motifs is 1. The molecule has 0 aliphatic heterocycles. The summed E-state index contributed by atoms with van der Waals surface area (Å²) in [6.07, 6.45) is 5.50. The van der Waals surface area contributed by atoms with E-state index in [0.717, 1.165) is 28.0 Å². The van der Waals surface area contributed by atoms with Crippen LogP contribution in [0.3, 0.4) is 0 Å². The molecule has 4 rings (SSSR count). The van der Waals surface area contributed by atoms with Gasteiger partial charge in [-0.25, -0.2) is 0 Å². The van der Waals surface area contributed by atoms with Gasteiger partial charge in [-0.1, -0.05) is 30.3 Å². The van der Waals surface area contributed by atoms with Crippen molar-refractivity contribution in [2.75, 3.05) is 4.90 Å². The second-order valence-electron chi connectivity index (χ2n) is 5.85. The monoisotopic (exact) mass is 326 g/mol. The Balaban J connectivity index is 1.76. The molecule has 122 valence electrons. The van der Waals surface area contributed by atoms with E-state index < -0.39 is 0 Å². The molecular weight excluding hydrogens is 308 g/mol. The highest BCUT2D eigenvalue weighted by Crippen LogP contribution is 2.27. The van der Waals surface area contributed by atoms with E-state index in [0.29, 0.717) is 13.1 Å². The molecule has 4 heteroatoms. The molecule has 0 bridgehead atoms. The van der Waals surface area contributed by atoms with Crippen molar-refractivity contribution in [3.63, 3.8) is 0 Å². The number of para-hydroxylation sites is 1. The average Bonchev–Trinajstić information content (AvgIpc) is 2.69. The third kappa shape index (κ3) is 3.48. The lowest BCUT2D eigenvalue weighted by Crippen LogP contribution is -2.23. The lowest BCUT2D eigenvalue weighted by atomic mass is 10.1. The number of anilines is 1. The van der Waals surface area contributed by atoms with Crippen LogP contribution in [0.1, 0.15) is 11.4 Å². The molecule has 4 aromatic rings. The molecule has 1 aromatic carbocycles. The smallest absolute Gasteiger partial charge is 0.0935 e. The summed E-state index contributed by atoms with van der Waals surface area (Å²) in [5.74, 6) is 0. The Morgan fingerprint density at radius 1 is 0.600 bits per heavy atom. The van der Waals surface area contributed by atoms with Crippen molar-refractivity contribution in [3.8, 4) is 0 Å². The van der Waals surface area contributed by atoms with Crippen molar-refractivity contribution in [1.82, 2.24) is 15.0 Å². The molecule has 0 aliphatic carbocycles. The van der Waals surface area contributed by atoms with E-state index in [1.807, 2.05) is 61.1 Å². The predicted molar refractivity (Wildman–Crippen MR) is 100 cm³/mol. The fourth-order valence-electron chi connectivity index (χ4n) is 2.94. The van der Waals surface area contributed by atoms with E-state index in [9.17, 15) is 0 Å². The summed E-state index contributed by atoms with van der Waals surface area (Å²) >= 11 is 0. The molecule has 0 unspecified atom stereocenters. The van der Waals surface area contributed by atoms with Gasteiger partial charge in [0, 0.05) is 24.0 Å². The number of pyridine rings is 3.